The zero-order valence-electron chi connectivity index (χ0n) is 14.4. The third kappa shape index (κ3) is 4.46. The molecule has 3 aromatic rings. The maximum atomic E-state index is 11.5. The number of hydrazine groups is 1. The van der Waals surface area contributed by atoms with Crippen molar-refractivity contribution in [3.05, 3.63) is 86.7 Å². The largest absolute Gasteiger partial charge is 0.360 e. The van der Waals surface area contributed by atoms with Crippen LogP contribution < -0.4 is 16.2 Å². The summed E-state index contributed by atoms with van der Waals surface area (Å²) in [5, 5.41) is 25.1. The van der Waals surface area contributed by atoms with Crippen molar-refractivity contribution in [1.29, 1.82) is 0 Å². The summed E-state index contributed by atoms with van der Waals surface area (Å²) in [6.45, 7) is 0.355. The molecule has 0 unspecified atom stereocenters. The molecule has 28 heavy (non-hydrogen) atoms. The van der Waals surface area contributed by atoms with Gasteiger partial charge in [-0.1, -0.05) is 30.3 Å². The number of aromatic nitrogens is 2. The second-order valence-corrected chi connectivity index (χ2v) is 5.57. The van der Waals surface area contributed by atoms with Gasteiger partial charge in [0.2, 0.25) is 11.6 Å². The third-order valence-electron chi connectivity index (χ3n) is 3.71. The van der Waals surface area contributed by atoms with Crippen LogP contribution in [-0.4, -0.2) is 19.8 Å². The van der Waals surface area contributed by atoms with Crippen molar-refractivity contribution in [3.8, 4) is 0 Å². The Morgan fingerprint density at radius 2 is 1.50 bits per heavy atom. The summed E-state index contributed by atoms with van der Waals surface area (Å²) < 4.78 is 0. The van der Waals surface area contributed by atoms with Gasteiger partial charge < -0.3 is 5.32 Å². The average molecular weight is 381 g/mol. The first-order valence-corrected chi connectivity index (χ1v) is 8.08. The molecule has 0 atom stereocenters. The number of hydrogen-bond donors (Lipinski definition) is 3. The van der Waals surface area contributed by atoms with Gasteiger partial charge in [0.05, 0.1) is 15.5 Å². The molecule has 3 N–H and O–H groups in total. The van der Waals surface area contributed by atoms with Crippen molar-refractivity contribution < 1.29 is 9.85 Å². The molecule has 3 rings (SSSR count). The molecule has 0 amide bonds. The van der Waals surface area contributed by atoms with Gasteiger partial charge in [0.1, 0.15) is 6.33 Å². The summed E-state index contributed by atoms with van der Waals surface area (Å²) in [6, 6.07) is 14.9. The summed E-state index contributed by atoms with van der Waals surface area (Å²) in [5.74, 6) is 0.0192. The number of non-ortho nitro benzene ring substituents is 1. The van der Waals surface area contributed by atoms with E-state index in [2.05, 4.69) is 26.1 Å². The lowest BCUT2D eigenvalue weighted by Crippen LogP contribution is -2.14. The highest BCUT2D eigenvalue weighted by Gasteiger charge is 2.23. The molecule has 0 fully saturated rings. The van der Waals surface area contributed by atoms with E-state index in [1.807, 2.05) is 30.3 Å². The van der Waals surface area contributed by atoms with E-state index in [0.29, 0.717) is 12.2 Å². The van der Waals surface area contributed by atoms with Gasteiger partial charge in [-0.3, -0.25) is 31.1 Å². The lowest BCUT2D eigenvalue weighted by molar-refractivity contribution is -0.384. The molecule has 1 heterocycles. The molecule has 0 saturated heterocycles. The Kier molecular flexibility index (Phi) is 5.55. The molecular weight excluding hydrogens is 366 g/mol. The van der Waals surface area contributed by atoms with E-state index >= 15 is 0 Å². The molecule has 0 bridgehead atoms. The second-order valence-electron chi connectivity index (χ2n) is 5.57. The normalized spacial score (nSPS) is 10.1. The van der Waals surface area contributed by atoms with Crippen molar-refractivity contribution in [2.75, 3.05) is 16.2 Å². The average Bonchev–Trinajstić information content (AvgIpc) is 2.71. The zero-order valence-corrected chi connectivity index (χ0v) is 14.4. The molecule has 0 spiro atoms. The number of benzene rings is 2. The van der Waals surface area contributed by atoms with Crippen molar-refractivity contribution in [1.82, 2.24) is 9.97 Å². The summed E-state index contributed by atoms with van der Waals surface area (Å²) in [5.41, 5.74) is 6.39. The molecule has 0 aliphatic heterocycles. The number of nitro benzene ring substituents is 1. The fourth-order valence-corrected chi connectivity index (χ4v) is 2.35. The fraction of sp³-hybridized carbons (Fsp3) is 0.0588. The first kappa shape index (κ1) is 18.5. The van der Waals surface area contributed by atoms with Crippen LogP contribution in [0.15, 0.2) is 60.9 Å². The third-order valence-corrected chi connectivity index (χ3v) is 3.71. The highest BCUT2D eigenvalue weighted by Crippen LogP contribution is 2.29. The van der Waals surface area contributed by atoms with Gasteiger partial charge >= 0.3 is 5.69 Å². The highest BCUT2D eigenvalue weighted by atomic mass is 16.6. The molecule has 2 aromatic carbocycles. The highest BCUT2D eigenvalue weighted by molar-refractivity contribution is 5.70. The van der Waals surface area contributed by atoms with Gasteiger partial charge in [-0.25, -0.2) is 9.97 Å². The molecule has 11 heteroatoms. The van der Waals surface area contributed by atoms with E-state index < -0.39 is 9.85 Å². The minimum atomic E-state index is -0.590. The van der Waals surface area contributed by atoms with Crippen molar-refractivity contribution in [2.45, 2.75) is 6.54 Å². The lowest BCUT2D eigenvalue weighted by Gasteiger charge is -2.11. The van der Waals surface area contributed by atoms with Crippen LogP contribution in [0.3, 0.4) is 0 Å². The molecular formula is C17H15N7O4. The summed E-state index contributed by atoms with van der Waals surface area (Å²) in [4.78, 5) is 29.0. The number of nitrogens with zero attached hydrogens (tertiary/aromatic N) is 4. The fourth-order valence-electron chi connectivity index (χ4n) is 2.35. The maximum Gasteiger partial charge on any atom is 0.354 e. The van der Waals surface area contributed by atoms with Gasteiger partial charge in [-0.05, 0) is 17.7 Å². The minimum Gasteiger partial charge on any atom is -0.360 e. The number of nitro groups is 2. The molecule has 142 valence electrons. The number of anilines is 3. The van der Waals surface area contributed by atoms with E-state index in [1.54, 1.807) is 0 Å². The van der Waals surface area contributed by atoms with Crippen LogP contribution in [0.2, 0.25) is 0 Å². The van der Waals surface area contributed by atoms with E-state index in [1.165, 1.54) is 30.6 Å². The van der Waals surface area contributed by atoms with Crippen LogP contribution in [0.4, 0.5) is 28.7 Å². The molecule has 0 aliphatic carbocycles. The molecule has 0 aliphatic rings. The molecule has 0 radical (unpaired) electrons. The number of hydrogen-bond acceptors (Lipinski definition) is 9. The zero-order chi connectivity index (χ0) is 19.9. The van der Waals surface area contributed by atoms with Gasteiger partial charge in [0.15, 0.2) is 0 Å². The van der Waals surface area contributed by atoms with Gasteiger partial charge in [-0.15, -0.1) is 0 Å². The summed E-state index contributed by atoms with van der Waals surface area (Å²) in [7, 11) is 0. The molecule has 11 nitrogen and oxygen atoms in total. The molecule has 0 saturated carbocycles. The van der Waals surface area contributed by atoms with Gasteiger partial charge in [0.25, 0.3) is 5.69 Å². The minimum absolute atomic E-state index is 0.0473. The topological polar surface area (TPSA) is 148 Å². The Morgan fingerprint density at radius 3 is 2.14 bits per heavy atom. The molecule has 1 aromatic heterocycles. The SMILES string of the molecule is O=[N+]([O-])c1ccc(NNc2ncnc(NCc3ccccc3)c2[N+](=O)[O-])cc1. The van der Waals surface area contributed by atoms with Crippen LogP contribution in [0.5, 0.6) is 0 Å². The monoisotopic (exact) mass is 381 g/mol. The predicted octanol–water partition coefficient (Wildman–Crippen LogP) is 3.34. The Balaban J connectivity index is 1.75. The van der Waals surface area contributed by atoms with Crippen molar-refractivity contribution in [2.24, 2.45) is 0 Å². The van der Waals surface area contributed by atoms with Crippen molar-refractivity contribution in [3.63, 3.8) is 0 Å². The Labute approximate surface area is 158 Å². The van der Waals surface area contributed by atoms with Crippen LogP contribution in [-0.2, 0) is 6.54 Å². The van der Waals surface area contributed by atoms with Crippen LogP contribution in [0.1, 0.15) is 5.56 Å². The second kappa shape index (κ2) is 8.40. The van der Waals surface area contributed by atoms with Crippen LogP contribution in [0.25, 0.3) is 0 Å². The maximum absolute atomic E-state index is 11.5. The van der Waals surface area contributed by atoms with Crippen LogP contribution in [0, 0.1) is 20.2 Å². The Morgan fingerprint density at radius 1 is 0.821 bits per heavy atom. The Hall–Kier alpha value is -4.28. The van der Waals surface area contributed by atoms with Gasteiger partial charge in [-0.2, -0.15) is 0 Å². The van der Waals surface area contributed by atoms with E-state index in [-0.39, 0.29) is 23.0 Å². The summed E-state index contributed by atoms with van der Waals surface area (Å²) >= 11 is 0. The first-order valence-electron chi connectivity index (χ1n) is 8.08. The quantitative estimate of drug-likeness (QED) is 0.394. The standard InChI is InChI=1S/C17H15N7O4/c25-23(26)14-8-6-13(7-9-14)21-22-17-15(24(27)28)16(19-11-20-17)18-10-12-4-2-1-3-5-12/h1-9,11,21H,10H2,(H2,18,19,20,22). The smallest absolute Gasteiger partial charge is 0.354 e. The van der Waals surface area contributed by atoms with E-state index in [4.69, 9.17) is 0 Å². The Bertz CT molecular complexity index is 981. The van der Waals surface area contributed by atoms with Crippen LogP contribution >= 0.6 is 0 Å². The van der Waals surface area contributed by atoms with Gasteiger partial charge in [0, 0.05) is 18.7 Å². The number of nitrogens with one attached hydrogen (secondary N) is 3. The predicted molar refractivity (Wildman–Crippen MR) is 103 cm³/mol. The number of rotatable bonds is 8. The lowest BCUT2D eigenvalue weighted by atomic mass is 10.2. The first-order chi connectivity index (χ1) is 13.5. The van der Waals surface area contributed by atoms with Crippen molar-refractivity contribution >= 4 is 28.7 Å². The van der Waals surface area contributed by atoms with E-state index in [9.17, 15) is 20.2 Å². The van der Waals surface area contributed by atoms with E-state index in [0.717, 1.165) is 5.56 Å². The summed E-state index contributed by atoms with van der Waals surface area (Å²) in [6.07, 6.45) is 1.19.